The number of carbonyl (C=O) groups is 2. The van der Waals surface area contributed by atoms with E-state index in [2.05, 4.69) is 25.3 Å². The minimum absolute atomic E-state index is 0.0538. The highest BCUT2D eigenvalue weighted by molar-refractivity contribution is 5.94. The van der Waals surface area contributed by atoms with Crippen LogP contribution in [-0.4, -0.2) is 69.1 Å². The number of anilines is 2. The molecular formula is C23H27N7O3. The molecule has 1 N–H and O–H groups in total. The summed E-state index contributed by atoms with van der Waals surface area (Å²) in [6.07, 6.45) is 3.86. The van der Waals surface area contributed by atoms with Crippen molar-refractivity contribution in [2.75, 3.05) is 43.0 Å². The number of nitrogens with one attached hydrogen (secondary N) is 1. The van der Waals surface area contributed by atoms with Crippen molar-refractivity contribution in [2.45, 2.75) is 32.6 Å². The van der Waals surface area contributed by atoms with Gasteiger partial charge in [0.15, 0.2) is 0 Å². The van der Waals surface area contributed by atoms with Crippen molar-refractivity contribution in [3.05, 3.63) is 41.9 Å². The molecule has 1 saturated heterocycles. The van der Waals surface area contributed by atoms with Crippen LogP contribution in [0.1, 0.15) is 30.5 Å². The van der Waals surface area contributed by atoms with Gasteiger partial charge in [0.25, 0.3) is 5.78 Å². The fourth-order valence-electron chi connectivity index (χ4n) is 4.34. The van der Waals surface area contributed by atoms with Crippen molar-refractivity contribution in [2.24, 2.45) is 0 Å². The Labute approximate surface area is 191 Å². The Hall–Kier alpha value is -3.69. The molecule has 2 aromatic heterocycles. The summed E-state index contributed by atoms with van der Waals surface area (Å²) >= 11 is 0. The van der Waals surface area contributed by atoms with E-state index in [-0.39, 0.29) is 11.8 Å². The number of ether oxygens (including phenoxy) is 1. The number of carbonyl (C=O) groups excluding carboxylic acids is 2. The van der Waals surface area contributed by atoms with Crippen LogP contribution in [0.5, 0.6) is 5.75 Å². The van der Waals surface area contributed by atoms with E-state index in [1.54, 1.807) is 4.52 Å². The van der Waals surface area contributed by atoms with Gasteiger partial charge in [-0.2, -0.15) is 14.6 Å². The van der Waals surface area contributed by atoms with Crippen LogP contribution in [0.2, 0.25) is 0 Å². The van der Waals surface area contributed by atoms with Gasteiger partial charge in [-0.05, 0) is 43.5 Å². The van der Waals surface area contributed by atoms with Crippen LogP contribution in [0, 0.1) is 6.92 Å². The highest BCUT2D eigenvalue weighted by atomic mass is 16.5. The smallest absolute Gasteiger partial charge is 0.254 e. The Morgan fingerprint density at radius 3 is 2.85 bits per heavy atom. The highest BCUT2D eigenvalue weighted by Crippen LogP contribution is 2.27. The van der Waals surface area contributed by atoms with Crippen molar-refractivity contribution in [3.63, 3.8) is 0 Å². The van der Waals surface area contributed by atoms with Gasteiger partial charge in [-0.25, -0.2) is 4.98 Å². The number of hydrogen-bond acceptors (Lipinski definition) is 7. The largest absolute Gasteiger partial charge is 0.494 e. The molecule has 3 aromatic rings. The van der Waals surface area contributed by atoms with Crippen LogP contribution < -0.4 is 15.0 Å². The first-order chi connectivity index (χ1) is 16.1. The van der Waals surface area contributed by atoms with E-state index in [0.29, 0.717) is 44.7 Å². The fraction of sp³-hybridized carbons (Fsp3) is 0.435. The zero-order valence-corrected chi connectivity index (χ0v) is 18.7. The molecule has 1 aromatic carbocycles. The van der Waals surface area contributed by atoms with Gasteiger partial charge in [0.2, 0.25) is 11.8 Å². The number of benzene rings is 1. The van der Waals surface area contributed by atoms with E-state index < -0.39 is 0 Å². The van der Waals surface area contributed by atoms with Crippen molar-refractivity contribution < 1.29 is 14.3 Å². The minimum Gasteiger partial charge on any atom is -0.494 e. The maximum atomic E-state index is 12.7. The maximum absolute atomic E-state index is 12.7. The van der Waals surface area contributed by atoms with Crippen molar-refractivity contribution >= 4 is 29.1 Å². The summed E-state index contributed by atoms with van der Waals surface area (Å²) in [6, 6.07) is 7.72. The van der Waals surface area contributed by atoms with Crippen molar-refractivity contribution in [1.29, 1.82) is 0 Å². The number of hydrogen-bond donors (Lipinski definition) is 1. The summed E-state index contributed by atoms with van der Waals surface area (Å²) in [6.45, 7) is 5.26. The Kier molecular flexibility index (Phi) is 5.80. The SMILES string of the molecule is Cc1cc(N2CCN(C(=O)CCCOc3ccc4c(c3)CCC(=O)N4)CC2)n2ncnc2n1. The molecule has 0 bridgehead atoms. The fourth-order valence-corrected chi connectivity index (χ4v) is 4.34. The molecule has 0 unspecified atom stereocenters. The Bertz CT molecular complexity index is 1180. The van der Waals surface area contributed by atoms with Crippen molar-refractivity contribution in [3.8, 4) is 5.75 Å². The lowest BCUT2D eigenvalue weighted by atomic mass is 10.0. The Morgan fingerprint density at radius 1 is 1.15 bits per heavy atom. The molecule has 10 heteroatoms. The van der Waals surface area contributed by atoms with E-state index >= 15 is 0 Å². The van der Waals surface area contributed by atoms with E-state index in [9.17, 15) is 9.59 Å². The highest BCUT2D eigenvalue weighted by Gasteiger charge is 2.23. The number of nitrogens with zero attached hydrogens (tertiary/aromatic N) is 6. The third-order valence-corrected chi connectivity index (χ3v) is 6.09. The van der Waals surface area contributed by atoms with Gasteiger partial charge >= 0.3 is 0 Å². The summed E-state index contributed by atoms with van der Waals surface area (Å²) in [5, 5.41) is 7.15. The molecule has 2 amide bonds. The lowest BCUT2D eigenvalue weighted by Gasteiger charge is -2.36. The predicted molar refractivity (Wildman–Crippen MR) is 122 cm³/mol. The third-order valence-electron chi connectivity index (χ3n) is 6.09. The molecule has 172 valence electrons. The van der Waals surface area contributed by atoms with Crippen LogP contribution in [0.4, 0.5) is 11.5 Å². The quantitative estimate of drug-likeness (QED) is 0.573. The number of rotatable bonds is 6. The lowest BCUT2D eigenvalue weighted by molar-refractivity contribution is -0.131. The van der Waals surface area contributed by atoms with Crippen LogP contribution >= 0.6 is 0 Å². The summed E-state index contributed by atoms with van der Waals surface area (Å²) in [4.78, 5) is 36.9. The maximum Gasteiger partial charge on any atom is 0.254 e. The number of amides is 2. The average molecular weight is 450 g/mol. The number of aryl methyl sites for hydroxylation is 2. The summed E-state index contributed by atoms with van der Waals surface area (Å²) < 4.78 is 7.59. The van der Waals surface area contributed by atoms with Gasteiger partial charge in [-0.1, -0.05) is 0 Å². The Balaban J connectivity index is 1.08. The van der Waals surface area contributed by atoms with E-state index in [0.717, 1.165) is 48.0 Å². The molecule has 0 aliphatic carbocycles. The second kappa shape index (κ2) is 9.05. The van der Waals surface area contributed by atoms with E-state index in [4.69, 9.17) is 4.74 Å². The topological polar surface area (TPSA) is 105 Å². The monoisotopic (exact) mass is 449 g/mol. The standard InChI is InChI=1S/C23H27N7O3/c1-16-13-21(30-23(26-16)24-15-25-30)28-8-10-29(11-9-28)22(32)3-2-12-33-18-5-6-19-17(14-18)4-7-20(31)27-19/h5-6,13-15H,2-4,7-12H2,1H3,(H,27,31). The normalized spacial score (nSPS) is 16.0. The number of aromatic nitrogens is 4. The van der Waals surface area contributed by atoms with Gasteiger partial charge < -0.3 is 19.9 Å². The molecule has 0 saturated carbocycles. The van der Waals surface area contributed by atoms with Gasteiger partial charge in [0.05, 0.1) is 6.61 Å². The van der Waals surface area contributed by atoms with Gasteiger partial charge in [0, 0.05) is 56.5 Å². The van der Waals surface area contributed by atoms with Crippen molar-refractivity contribution in [1.82, 2.24) is 24.5 Å². The molecule has 1 fully saturated rings. The molecule has 0 atom stereocenters. The second-order valence-corrected chi connectivity index (χ2v) is 8.41. The van der Waals surface area contributed by atoms with Crippen LogP contribution in [0.3, 0.4) is 0 Å². The molecule has 2 aliphatic rings. The third kappa shape index (κ3) is 4.59. The molecular weight excluding hydrogens is 422 g/mol. The first-order valence-electron chi connectivity index (χ1n) is 11.3. The summed E-state index contributed by atoms with van der Waals surface area (Å²) in [7, 11) is 0. The van der Waals surface area contributed by atoms with Gasteiger partial charge in [0.1, 0.15) is 17.9 Å². The molecule has 0 radical (unpaired) electrons. The first kappa shape index (κ1) is 21.2. The summed E-state index contributed by atoms with van der Waals surface area (Å²) in [5.74, 6) is 2.53. The lowest BCUT2D eigenvalue weighted by Crippen LogP contribution is -2.49. The minimum atomic E-state index is 0.0538. The number of piperazine rings is 1. The second-order valence-electron chi connectivity index (χ2n) is 8.41. The average Bonchev–Trinajstić information content (AvgIpc) is 3.29. The van der Waals surface area contributed by atoms with Gasteiger partial charge in [-0.3, -0.25) is 9.59 Å². The van der Waals surface area contributed by atoms with E-state index in [1.807, 2.05) is 36.1 Å². The summed E-state index contributed by atoms with van der Waals surface area (Å²) in [5.41, 5.74) is 2.85. The van der Waals surface area contributed by atoms with Crippen LogP contribution in [0.15, 0.2) is 30.6 Å². The molecule has 10 nitrogen and oxygen atoms in total. The first-order valence-corrected chi connectivity index (χ1v) is 11.3. The predicted octanol–water partition coefficient (Wildman–Crippen LogP) is 1.83. The zero-order chi connectivity index (χ0) is 22.8. The molecule has 0 spiro atoms. The van der Waals surface area contributed by atoms with Gasteiger partial charge in [-0.15, -0.1) is 0 Å². The molecule has 33 heavy (non-hydrogen) atoms. The molecule has 4 heterocycles. The van der Waals surface area contributed by atoms with Crippen LogP contribution in [0.25, 0.3) is 5.78 Å². The number of fused-ring (bicyclic) bond motifs is 2. The molecule has 5 rings (SSSR count). The molecule has 2 aliphatic heterocycles. The zero-order valence-electron chi connectivity index (χ0n) is 18.7. The van der Waals surface area contributed by atoms with Crippen LogP contribution in [-0.2, 0) is 16.0 Å². The van der Waals surface area contributed by atoms with E-state index in [1.165, 1.54) is 6.33 Å². The Morgan fingerprint density at radius 2 is 2.00 bits per heavy atom.